The third-order valence-electron chi connectivity index (χ3n) is 1.39. The van der Waals surface area contributed by atoms with Crippen LogP contribution in [0.15, 0.2) is 12.1 Å². The van der Waals surface area contributed by atoms with Crippen LogP contribution < -0.4 is 5.73 Å². The summed E-state index contributed by atoms with van der Waals surface area (Å²) in [5.74, 6) is 0. The van der Waals surface area contributed by atoms with E-state index in [-0.39, 0.29) is 9.88 Å². The van der Waals surface area contributed by atoms with E-state index in [1.807, 2.05) is 0 Å². The van der Waals surface area contributed by atoms with Crippen LogP contribution in [0, 0.1) is 10.1 Å². The lowest BCUT2D eigenvalue weighted by atomic mass is 10.3. The molecule has 0 unspecified atom stereocenters. The van der Waals surface area contributed by atoms with Crippen molar-refractivity contribution in [2.45, 2.75) is 12.5 Å². The van der Waals surface area contributed by atoms with Crippen molar-refractivity contribution in [3.05, 3.63) is 27.1 Å². The molecule has 13 heavy (non-hydrogen) atoms. The highest BCUT2D eigenvalue weighted by molar-refractivity contribution is 7.15. The molecule has 4 nitrogen and oxygen atoms in total. The minimum Gasteiger partial charge on any atom is -0.319 e. The summed E-state index contributed by atoms with van der Waals surface area (Å²) in [5, 5.41) is 10.0. The third-order valence-corrected chi connectivity index (χ3v) is 2.53. The van der Waals surface area contributed by atoms with Crippen molar-refractivity contribution in [3.8, 4) is 0 Å². The van der Waals surface area contributed by atoms with E-state index in [1.165, 1.54) is 12.1 Å². The molecule has 72 valence electrons. The summed E-state index contributed by atoms with van der Waals surface area (Å²) < 4.78 is 24.1. The van der Waals surface area contributed by atoms with Gasteiger partial charge in [0.1, 0.15) is 6.04 Å². The topological polar surface area (TPSA) is 69.2 Å². The number of nitrogens with two attached hydrogens (primary N) is 1. The quantitative estimate of drug-likeness (QED) is 0.609. The number of hydrogen-bond donors (Lipinski definition) is 1. The van der Waals surface area contributed by atoms with Gasteiger partial charge in [0, 0.05) is 10.9 Å². The number of halogens is 2. The van der Waals surface area contributed by atoms with Crippen LogP contribution >= 0.6 is 11.3 Å². The lowest BCUT2D eigenvalue weighted by Crippen LogP contribution is -2.17. The second-order valence-corrected chi connectivity index (χ2v) is 3.39. The number of nitrogens with zero attached hydrogens (tertiary/aromatic N) is 1. The van der Waals surface area contributed by atoms with E-state index in [1.54, 1.807) is 0 Å². The summed E-state index contributed by atoms with van der Waals surface area (Å²) in [6.07, 6.45) is -2.70. The average Bonchev–Trinajstić information content (AvgIpc) is 2.50. The second kappa shape index (κ2) is 3.75. The maximum Gasteiger partial charge on any atom is 0.324 e. The number of hydrogen-bond acceptors (Lipinski definition) is 4. The first-order valence-electron chi connectivity index (χ1n) is 3.30. The smallest absolute Gasteiger partial charge is 0.319 e. The molecule has 0 saturated heterocycles. The summed E-state index contributed by atoms with van der Waals surface area (Å²) in [5.41, 5.74) is 5.09. The predicted molar refractivity (Wildman–Crippen MR) is 43.9 cm³/mol. The second-order valence-electron chi connectivity index (χ2n) is 2.29. The fourth-order valence-corrected chi connectivity index (χ4v) is 1.57. The Kier molecular flexibility index (Phi) is 2.89. The van der Waals surface area contributed by atoms with Crippen LogP contribution in [0.2, 0.25) is 0 Å². The third kappa shape index (κ3) is 2.19. The van der Waals surface area contributed by atoms with Crippen LogP contribution in [0.1, 0.15) is 10.9 Å². The van der Waals surface area contributed by atoms with E-state index < -0.39 is 17.4 Å². The Balaban J connectivity index is 2.85. The largest absolute Gasteiger partial charge is 0.324 e. The molecule has 0 radical (unpaired) electrons. The molecule has 0 saturated carbocycles. The highest BCUT2D eigenvalue weighted by atomic mass is 32.1. The number of rotatable bonds is 3. The van der Waals surface area contributed by atoms with Gasteiger partial charge in [-0.25, -0.2) is 8.78 Å². The molecule has 1 aromatic heterocycles. The van der Waals surface area contributed by atoms with Crippen molar-refractivity contribution >= 4 is 16.3 Å². The molecule has 0 aliphatic heterocycles. The zero-order valence-corrected chi connectivity index (χ0v) is 7.13. The average molecular weight is 208 g/mol. The van der Waals surface area contributed by atoms with E-state index in [4.69, 9.17) is 5.73 Å². The maximum absolute atomic E-state index is 12.0. The van der Waals surface area contributed by atoms with Crippen molar-refractivity contribution < 1.29 is 13.7 Å². The van der Waals surface area contributed by atoms with Gasteiger partial charge < -0.3 is 5.73 Å². The summed E-state index contributed by atoms with van der Waals surface area (Å²) in [7, 11) is 0. The zero-order valence-electron chi connectivity index (χ0n) is 6.31. The van der Waals surface area contributed by atoms with Crippen LogP contribution in [0.5, 0.6) is 0 Å². The van der Waals surface area contributed by atoms with Crippen LogP contribution in [-0.4, -0.2) is 11.3 Å². The molecule has 7 heteroatoms. The van der Waals surface area contributed by atoms with Gasteiger partial charge >= 0.3 is 5.00 Å². The lowest BCUT2D eigenvalue weighted by molar-refractivity contribution is -0.380. The van der Waals surface area contributed by atoms with Gasteiger partial charge in [-0.05, 0) is 6.07 Å². The molecule has 1 heterocycles. The number of thiophene rings is 1. The Morgan fingerprint density at radius 2 is 2.15 bits per heavy atom. The molecule has 0 aromatic carbocycles. The van der Waals surface area contributed by atoms with Gasteiger partial charge in [0.05, 0.1) is 4.92 Å². The lowest BCUT2D eigenvalue weighted by Gasteiger charge is -2.05. The first-order valence-corrected chi connectivity index (χ1v) is 4.12. The zero-order chi connectivity index (χ0) is 10.0. The summed E-state index contributed by atoms with van der Waals surface area (Å²) >= 11 is 0.673. The van der Waals surface area contributed by atoms with Gasteiger partial charge in [0.25, 0.3) is 6.43 Å². The molecule has 0 bridgehead atoms. The highest BCUT2D eigenvalue weighted by Gasteiger charge is 2.21. The Bertz CT molecular complexity index is 315. The summed E-state index contributed by atoms with van der Waals surface area (Å²) in [6, 6.07) is 0.987. The molecular formula is C6H6F2N2O2S. The fourth-order valence-electron chi connectivity index (χ4n) is 0.744. The first kappa shape index (κ1) is 10.0. The van der Waals surface area contributed by atoms with E-state index in [2.05, 4.69) is 0 Å². The van der Waals surface area contributed by atoms with Crippen LogP contribution in [0.25, 0.3) is 0 Å². The van der Waals surface area contributed by atoms with E-state index >= 15 is 0 Å². The number of nitro groups is 1. The molecule has 0 aliphatic carbocycles. The minimum atomic E-state index is -2.70. The summed E-state index contributed by atoms with van der Waals surface area (Å²) in [4.78, 5) is 9.69. The fraction of sp³-hybridized carbons (Fsp3) is 0.333. The van der Waals surface area contributed by atoms with Gasteiger partial charge in [-0.3, -0.25) is 10.1 Å². The van der Waals surface area contributed by atoms with Gasteiger partial charge in [-0.2, -0.15) is 0 Å². The predicted octanol–water partition coefficient (Wildman–Crippen LogP) is 1.92. The van der Waals surface area contributed by atoms with Crippen LogP contribution in [-0.2, 0) is 0 Å². The highest BCUT2D eigenvalue weighted by Crippen LogP contribution is 2.30. The minimum absolute atomic E-state index is 0.127. The molecule has 0 amide bonds. The molecule has 2 N–H and O–H groups in total. The van der Waals surface area contributed by atoms with Crippen molar-refractivity contribution in [1.82, 2.24) is 0 Å². The van der Waals surface area contributed by atoms with Crippen LogP contribution in [0.3, 0.4) is 0 Å². The van der Waals surface area contributed by atoms with Crippen molar-refractivity contribution in [2.75, 3.05) is 0 Å². The van der Waals surface area contributed by atoms with E-state index in [9.17, 15) is 18.9 Å². The normalized spacial score (nSPS) is 13.2. The molecule has 0 spiro atoms. The van der Waals surface area contributed by atoms with Gasteiger partial charge in [-0.1, -0.05) is 11.3 Å². The van der Waals surface area contributed by atoms with Gasteiger partial charge in [0.15, 0.2) is 0 Å². The summed E-state index contributed by atoms with van der Waals surface area (Å²) in [6.45, 7) is 0. The van der Waals surface area contributed by atoms with Crippen molar-refractivity contribution in [1.29, 1.82) is 0 Å². The molecule has 0 fully saturated rings. The molecule has 1 atom stereocenters. The maximum atomic E-state index is 12.0. The van der Waals surface area contributed by atoms with Crippen LogP contribution in [0.4, 0.5) is 13.8 Å². The van der Waals surface area contributed by atoms with Crippen molar-refractivity contribution in [3.63, 3.8) is 0 Å². The Labute approximate surface area is 76.1 Å². The first-order chi connectivity index (χ1) is 6.02. The molecular weight excluding hydrogens is 202 g/mol. The van der Waals surface area contributed by atoms with E-state index in [0.717, 1.165) is 0 Å². The molecule has 0 aliphatic rings. The SMILES string of the molecule is N[C@@H](c1ccc([N+](=O)[O-])s1)C(F)F. The number of alkyl halides is 2. The molecule has 1 aromatic rings. The van der Waals surface area contributed by atoms with Gasteiger partial charge in [-0.15, -0.1) is 0 Å². The van der Waals surface area contributed by atoms with Crippen molar-refractivity contribution in [2.24, 2.45) is 5.73 Å². The Morgan fingerprint density at radius 3 is 2.54 bits per heavy atom. The standard InChI is InChI=1S/C6H6F2N2O2S/c7-6(8)5(9)3-1-2-4(13-3)10(11)12/h1-2,5-6H,9H2/t5-/m0/s1. The Hall–Kier alpha value is -1.08. The molecule has 1 rings (SSSR count). The van der Waals surface area contributed by atoms with Gasteiger partial charge in [0.2, 0.25) is 0 Å². The Morgan fingerprint density at radius 1 is 1.54 bits per heavy atom. The van der Waals surface area contributed by atoms with E-state index in [0.29, 0.717) is 11.3 Å². The monoisotopic (exact) mass is 208 g/mol.